The normalized spacial score (nSPS) is 27.0. The fourth-order valence-electron chi connectivity index (χ4n) is 0.902. The molecule has 1 aliphatic heterocycles. The molecule has 1 amide bonds. The van der Waals surface area contributed by atoms with E-state index in [0.29, 0.717) is 13.0 Å². The molecule has 9 heavy (non-hydrogen) atoms. The van der Waals surface area contributed by atoms with Crippen molar-refractivity contribution in [3.8, 4) is 0 Å². The van der Waals surface area contributed by atoms with Crippen molar-refractivity contribution in [2.75, 3.05) is 13.6 Å². The molecule has 1 heterocycles. The van der Waals surface area contributed by atoms with Crippen molar-refractivity contribution in [3.05, 3.63) is 4.91 Å². The summed E-state index contributed by atoms with van der Waals surface area (Å²) in [6.07, 6.45) is 0.582. The average Bonchev–Trinajstić information content (AvgIpc) is 2.15. The number of nitrogens with zero attached hydrogens (tertiary/aromatic N) is 2. The van der Waals surface area contributed by atoms with E-state index in [0.717, 1.165) is 0 Å². The van der Waals surface area contributed by atoms with E-state index in [4.69, 9.17) is 0 Å². The van der Waals surface area contributed by atoms with Crippen LogP contribution in [0.5, 0.6) is 0 Å². The molecule has 1 atom stereocenters. The highest BCUT2D eigenvalue weighted by molar-refractivity contribution is 5.83. The lowest BCUT2D eigenvalue weighted by atomic mass is 10.3. The first kappa shape index (κ1) is 6.19. The molecule has 1 unspecified atom stereocenters. The van der Waals surface area contributed by atoms with Gasteiger partial charge in [0.1, 0.15) is 0 Å². The molecule has 0 radical (unpaired) electrons. The quantitative estimate of drug-likeness (QED) is 0.466. The molecule has 0 N–H and O–H groups in total. The first-order chi connectivity index (χ1) is 4.25. The predicted octanol–water partition coefficient (Wildman–Crippen LogP) is -0.0165. The van der Waals surface area contributed by atoms with Crippen LogP contribution in [0.3, 0.4) is 0 Å². The highest BCUT2D eigenvalue weighted by Crippen LogP contribution is 2.10. The van der Waals surface area contributed by atoms with Gasteiger partial charge in [-0.3, -0.25) is 4.79 Å². The SMILES string of the molecule is CN1CCC(N=O)C1=O. The number of likely N-dealkylation sites (tertiary alicyclic amines) is 1. The summed E-state index contributed by atoms with van der Waals surface area (Å²) in [4.78, 5) is 22.2. The Morgan fingerprint density at radius 1 is 1.78 bits per heavy atom. The number of hydrogen-bond donors (Lipinski definition) is 0. The maximum Gasteiger partial charge on any atom is 0.250 e. The number of carbonyl (C=O) groups excluding carboxylic acids is 1. The molecule has 0 saturated carbocycles. The summed E-state index contributed by atoms with van der Waals surface area (Å²) < 4.78 is 0. The Labute approximate surface area is 52.8 Å². The lowest BCUT2D eigenvalue weighted by Crippen LogP contribution is -2.23. The molecule has 4 heteroatoms. The summed E-state index contributed by atoms with van der Waals surface area (Å²) in [6.45, 7) is 0.662. The Morgan fingerprint density at radius 2 is 2.44 bits per heavy atom. The van der Waals surface area contributed by atoms with Gasteiger partial charge in [0.2, 0.25) is 0 Å². The standard InChI is InChI=1S/C5H8N2O2/c1-7-3-2-4(6-9)5(7)8/h4H,2-3H2,1H3. The van der Waals surface area contributed by atoms with E-state index in [1.807, 2.05) is 0 Å². The summed E-state index contributed by atoms with van der Waals surface area (Å²) in [7, 11) is 1.67. The molecule has 1 fully saturated rings. The average molecular weight is 128 g/mol. The third-order valence-electron chi connectivity index (χ3n) is 1.53. The van der Waals surface area contributed by atoms with Crippen LogP contribution in [-0.4, -0.2) is 30.4 Å². The van der Waals surface area contributed by atoms with Gasteiger partial charge in [0.05, 0.1) is 0 Å². The number of rotatable bonds is 1. The van der Waals surface area contributed by atoms with Crippen LogP contribution < -0.4 is 0 Å². The van der Waals surface area contributed by atoms with Gasteiger partial charge in [0, 0.05) is 13.6 Å². The van der Waals surface area contributed by atoms with Crippen molar-refractivity contribution in [1.29, 1.82) is 0 Å². The van der Waals surface area contributed by atoms with Crippen LogP contribution in [0.1, 0.15) is 6.42 Å². The molecule has 0 aromatic carbocycles. The monoisotopic (exact) mass is 128 g/mol. The highest BCUT2D eigenvalue weighted by Gasteiger charge is 2.29. The Hall–Kier alpha value is -0.930. The molecule has 50 valence electrons. The van der Waals surface area contributed by atoms with Crippen molar-refractivity contribution in [1.82, 2.24) is 4.90 Å². The van der Waals surface area contributed by atoms with Gasteiger partial charge in [0.15, 0.2) is 6.04 Å². The second-order valence-electron chi connectivity index (χ2n) is 2.17. The van der Waals surface area contributed by atoms with Crippen molar-refractivity contribution >= 4 is 5.91 Å². The van der Waals surface area contributed by atoms with Crippen LogP contribution >= 0.6 is 0 Å². The molecule has 1 rings (SSSR count). The fraction of sp³-hybridized carbons (Fsp3) is 0.800. The first-order valence-electron chi connectivity index (χ1n) is 2.83. The van der Waals surface area contributed by atoms with Gasteiger partial charge in [0.25, 0.3) is 5.91 Å². The molecule has 1 saturated heterocycles. The van der Waals surface area contributed by atoms with Crippen molar-refractivity contribution < 1.29 is 4.79 Å². The summed E-state index contributed by atoms with van der Waals surface area (Å²) in [5.41, 5.74) is 0. The minimum Gasteiger partial charge on any atom is -0.344 e. The van der Waals surface area contributed by atoms with E-state index in [-0.39, 0.29) is 5.91 Å². The molecule has 0 aliphatic carbocycles. The van der Waals surface area contributed by atoms with E-state index in [2.05, 4.69) is 5.18 Å². The minimum absolute atomic E-state index is 0.148. The second kappa shape index (κ2) is 2.13. The predicted molar refractivity (Wildman–Crippen MR) is 31.8 cm³/mol. The molecular weight excluding hydrogens is 120 g/mol. The van der Waals surface area contributed by atoms with E-state index in [9.17, 15) is 9.70 Å². The molecule has 0 spiro atoms. The van der Waals surface area contributed by atoms with Crippen molar-refractivity contribution in [2.45, 2.75) is 12.5 Å². The lowest BCUT2D eigenvalue weighted by Gasteiger charge is -2.04. The summed E-state index contributed by atoms with van der Waals surface area (Å²) in [6, 6.07) is -0.602. The molecule has 4 nitrogen and oxygen atoms in total. The Balaban J connectivity index is 2.61. The highest BCUT2D eigenvalue weighted by atomic mass is 16.3. The molecular formula is C5H8N2O2. The molecule has 0 aromatic rings. The van der Waals surface area contributed by atoms with E-state index >= 15 is 0 Å². The van der Waals surface area contributed by atoms with Gasteiger partial charge in [-0.1, -0.05) is 5.18 Å². The van der Waals surface area contributed by atoms with E-state index in [1.54, 1.807) is 7.05 Å². The van der Waals surface area contributed by atoms with Gasteiger partial charge >= 0.3 is 0 Å². The summed E-state index contributed by atoms with van der Waals surface area (Å²) >= 11 is 0. The molecule has 1 aliphatic rings. The third-order valence-corrected chi connectivity index (χ3v) is 1.53. The van der Waals surface area contributed by atoms with Crippen LogP contribution in [0.25, 0.3) is 0 Å². The largest absolute Gasteiger partial charge is 0.344 e. The molecule has 0 bridgehead atoms. The molecule has 0 aromatic heterocycles. The number of likely N-dealkylation sites (N-methyl/N-ethyl adjacent to an activating group) is 1. The number of amides is 1. The number of hydrogen-bond acceptors (Lipinski definition) is 3. The van der Waals surface area contributed by atoms with Gasteiger partial charge in [-0.05, 0) is 6.42 Å². The maximum atomic E-state index is 10.8. The Kier molecular flexibility index (Phi) is 1.46. The third kappa shape index (κ3) is 0.918. The zero-order chi connectivity index (χ0) is 6.85. The first-order valence-corrected chi connectivity index (χ1v) is 2.83. The van der Waals surface area contributed by atoms with Crippen molar-refractivity contribution in [3.63, 3.8) is 0 Å². The maximum absolute atomic E-state index is 10.8. The zero-order valence-corrected chi connectivity index (χ0v) is 5.20. The second-order valence-corrected chi connectivity index (χ2v) is 2.17. The van der Waals surface area contributed by atoms with E-state index < -0.39 is 6.04 Å². The number of carbonyl (C=O) groups is 1. The zero-order valence-electron chi connectivity index (χ0n) is 5.20. The lowest BCUT2D eigenvalue weighted by molar-refractivity contribution is -0.127. The smallest absolute Gasteiger partial charge is 0.250 e. The van der Waals surface area contributed by atoms with Crippen LogP contribution in [0.15, 0.2) is 5.18 Å². The van der Waals surface area contributed by atoms with Gasteiger partial charge < -0.3 is 4.90 Å². The summed E-state index contributed by atoms with van der Waals surface area (Å²) in [5.74, 6) is -0.148. The summed E-state index contributed by atoms with van der Waals surface area (Å²) in [5, 5.41) is 2.68. The topological polar surface area (TPSA) is 49.7 Å². The van der Waals surface area contributed by atoms with Gasteiger partial charge in [-0.15, -0.1) is 4.91 Å². The Morgan fingerprint density at radius 3 is 2.67 bits per heavy atom. The van der Waals surface area contributed by atoms with E-state index in [1.165, 1.54) is 4.90 Å². The van der Waals surface area contributed by atoms with Gasteiger partial charge in [-0.2, -0.15) is 0 Å². The van der Waals surface area contributed by atoms with Crippen LogP contribution in [-0.2, 0) is 4.79 Å². The van der Waals surface area contributed by atoms with Gasteiger partial charge in [-0.25, -0.2) is 0 Å². The van der Waals surface area contributed by atoms with Crippen molar-refractivity contribution in [2.24, 2.45) is 5.18 Å². The fourth-order valence-corrected chi connectivity index (χ4v) is 0.902. The van der Waals surface area contributed by atoms with Crippen LogP contribution in [0.2, 0.25) is 0 Å². The Bertz CT molecular complexity index is 146. The minimum atomic E-state index is -0.602. The number of nitroso groups, excluding NO2 is 1. The van der Waals surface area contributed by atoms with Crippen LogP contribution in [0, 0.1) is 4.91 Å². The van der Waals surface area contributed by atoms with Crippen LogP contribution in [0.4, 0.5) is 0 Å².